The van der Waals surface area contributed by atoms with Crippen LogP contribution in [0.5, 0.6) is 0 Å². The van der Waals surface area contributed by atoms with Gasteiger partial charge in [0.25, 0.3) is 5.91 Å². The Kier molecular flexibility index (Phi) is 8.52. The molecule has 11 nitrogen and oxygen atoms in total. The number of piperidine rings is 1. The van der Waals surface area contributed by atoms with Gasteiger partial charge >= 0.3 is 6.09 Å². The van der Waals surface area contributed by atoms with E-state index in [-0.39, 0.29) is 42.8 Å². The summed E-state index contributed by atoms with van der Waals surface area (Å²) in [5.41, 5.74) is 1.11. The minimum Gasteiger partial charge on any atom is -0.465 e. The number of nitrogens with one attached hydrogen (secondary N) is 3. The van der Waals surface area contributed by atoms with Gasteiger partial charge in [-0.1, -0.05) is 0 Å². The lowest BCUT2D eigenvalue weighted by atomic mass is 10.0. The molecule has 1 atom stereocenters. The second-order valence-corrected chi connectivity index (χ2v) is 8.92. The number of hydrogen-bond acceptors (Lipinski definition) is 8. The van der Waals surface area contributed by atoms with Crippen LogP contribution in [0.3, 0.4) is 0 Å². The molecule has 0 aliphatic carbocycles. The lowest BCUT2D eigenvalue weighted by Crippen LogP contribution is -2.46. The van der Waals surface area contributed by atoms with Crippen LogP contribution in [-0.4, -0.2) is 79.9 Å². The van der Waals surface area contributed by atoms with Crippen molar-refractivity contribution in [2.24, 2.45) is 0 Å². The number of hydrogen-bond donors (Lipinski definition) is 4. The van der Waals surface area contributed by atoms with Gasteiger partial charge in [0.15, 0.2) is 5.82 Å². The van der Waals surface area contributed by atoms with Crippen molar-refractivity contribution in [1.29, 1.82) is 0 Å². The highest BCUT2D eigenvalue weighted by atomic mass is 35.5. The summed E-state index contributed by atoms with van der Waals surface area (Å²) >= 11 is 1.54. The van der Waals surface area contributed by atoms with Crippen LogP contribution in [0.15, 0.2) is 23.8 Å². The molecule has 5 rings (SSSR count). The van der Waals surface area contributed by atoms with Gasteiger partial charge < -0.3 is 26.0 Å². The van der Waals surface area contributed by atoms with Crippen molar-refractivity contribution in [3.63, 3.8) is 0 Å². The number of carboxylic acid groups (broad SMARTS) is 1. The van der Waals surface area contributed by atoms with Crippen molar-refractivity contribution in [2.45, 2.75) is 31.3 Å². The van der Waals surface area contributed by atoms with E-state index < -0.39 is 6.09 Å². The van der Waals surface area contributed by atoms with E-state index in [2.05, 4.69) is 26.0 Å². The summed E-state index contributed by atoms with van der Waals surface area (Å²) in [6.07, 6.45) is 4.70. The minimum absolute atomic E-state index is 0. The molecule has 5 heterocycles. The predicted octanol–water partition coefficient (Wildman–Crippen LogP) is 2.34. The molecule has 2 aliphatic rings. The number of aromatic nitrogens is 4. The van der Waals surface area contributed by atoms with Crippen molar-refractivity contribution >= 4 is 58.8 Å². The van der Waals surface area contributed by atoms with Crippen LogP contribution in [0.2, 0.25) is 0 Å². The number of amides is 2. The average molecular weight is 529 g/mol. The summed E-state index contributed by atoms with van der Waals surface area (Å²) in [6.45, 7) is 2.73. The molecule has 0 aromatic carbocycles. The summed E-state index contributed by atoms with van der Waals surface area (Å²) in [7, 11) is 0. The van der Waals surface area contributed by atoms with Crippen LogP contribution >= 0.6 is 36.2 Å². The Labute approximate surface area is 212 Å². The maximum absolute atomic E-state index is 13.3. The van der Waals surface area contributed by atoms with Crippen molar-refractivity contribution in [2.75, 3.05) is 31.5 Å². The van der Waals surface area contributed by atoms with Gasteiger partial charge in [0.2, 0.25) is 0 Å². The number of carbonyl (C=O) groups is 2. The molecule has 4 N–H and O–H groups in total. The van der Waals surface area contributed by atoms with Crippen molar-refractivity contribution in [3.05, 3.63) is 29.5 Å². The fraction of sp³-hybridized carbons (Fsp3) is 0.450. The standard InChI is InChI=1S/C20H24N8O3S.2ClH/c29-18(27-5-2-12(3-6-27)24-20(30)31)15-9-16(23-13-1-4-21-10-13)26-17(25-15)14-11-22-28-7-8-32-19(14)28;;/h7-9,11-13,21,24H,1-6,10H2,(H,30,31)(H,23,25,26);2*1H/t13-;;/m0../s1. The summed E-state index contributed by atoms with van der Waals surface area (Å²) in [4.78, 5) is 36.1. The highest BCUT2D eigenvalue weighted by Gasteiger charge is 2.27. The normalized spacial score (nSPS) is 18.2. The van der Waals surface area contributed by atoms with Gasteiger partial charge in [-0.15, -0.1) is 36.2 Å². The van der Waals surface area contributed by atoms with Crippen LogP contribution in [0.25, 0.3) is 16.2 Å². The minimum atomic E-state index is -1.03. The van der Waals surface area contributed by atoms with E-state index in [1.54, 1.807) is 33.0 Å². The van der Waals surface area contributed by atoms with Gasteiger partial charge in [-0.3, -0.25) is 4.79 Å². The fourth-order valence-electron chi connectivity index (χ4n) is 4.18. The van der Waals surface area contributed by atoms with E-state index >= 15 is 0 Å². The highest BCUT2D eigenvalue weighted by Crippen LogP contribution is 2.27. The van der Waals surface area contributed by atoms with Crippen molar-refractivity contribution < 1.29 is 14.7 Å². The highest BCUT2D eigenvalue weighted by molar-refractivity contribution is 7.16. The van der Waals surface area contributed by atoms with E-state index in [4.69, 9.17) is 10.1 Å². The maximum atomic E-state index is 13.3. The van der Waals surface area contributed by atoms with E-state index in [9.17, 15) is 9.59 Å². The zero-order valence-corrected chi connectivity index (χ0v) is 20.6. The summed E-state index contributed by atoms with van der Waals surface area (Å²) < 4.78 is 1.77. The number of likely N-dealkylation sites (tertiary alicyclic amines) is 1. The van der Waals surface area contributed by atoms with Gasteiger partial charge in [-0.25, -0.2) is 19.3 Å². The first-order valence-electron chi connectivity index (χ1n) is 10.6. The van der Waals surface area contributed by atoms with E-state index in [1.165, 1.54) is 0 Å². The van der Waals surface area contributed by atoms with Gasteiger partial charge in [0, 0.05) is 49.4 Å². The Morgan fingerprint density at radius 3 is 2.65 bits per heavy atom. The first-order chi connectivity index (χ1) is 15.6. The summed E-state index contributed by atoms with van der Waals surface area (Å²) in [5.74, 6) is 0.902. The molecule has 2 fully saturated rings. The van der Waals surface area contributed by atoms with Crippen LogP contribution in [-0.2, 0) is 0 Å². The van der Waals surface area contributed by atoms with Crippen LogP contribution in [0.1, 0.15) is 29.8 Å². The lowest BCUT2D eigenvalue weighted by molar-refractivity contribution is 0.0700. The number of carbonyl (C=O) groups excluding carboxylic acids is 1. The maximum Gasteiger partial charge on any atom is 0.404 e. The summed E-state index contributed by atoms with van der Waals surface area (Å²) in [5, 5.41) is 24.5. The van der Waals surface area contributed by atoms with Gasteiger partial charge in [-0.05, 0) is 25.8 Å². The first-order valence-corrected chi connectivity index (χ1v) is 11.5. The Morgan fingerprint density at radius 2 is 1.94 bits per heavy atom. The van der Waals surface area contributed by atoms with Gasteiger partial charge in [-0.2, -0.15) is 5.10 Å². The number of halogens is 2. The average Bonchev–Trinajstić information content (AvgIpc) is 3.52. The SMILES string of the molecule is Cl.Cl.O=C(O)NC1CCN(C(=O)c2cc(N[C@H]3CCNC3)nc(-c3cnn4ccsc34)n2)CC1. The van der Waals surface area contributed by atoms with Crippen molar-refractivity contribution in [3.8, 4) is 11.4 Å². The number of thiazole rings is 1. The van der Waals surface area contributed by atoms with Gasteiger partial charge in [0.05, 0.1) is 11.8 Å². The number of nitrogens with zero attached hydrogens (tertiary/aromatic N) is 5. The molecule has 3 aromatic rings. The Hall–Kier alpha value is -2.67. The molecule has 0 saturated carbocycles. The molecule has 3 aromatic heterocycles. The molecule has 184 valence electrons. The summed E-state index contributed by atoms with van der Waals surface area (Å²) in [6, 6.07) is 1.82. The lowest BCUT2D eigenvalue weighted by Gasteiger charge is -2.31. The quantitative estimate of drug-likeness (QED) is 0.396. The Morgan fingerprint density at radius 1 is 1.15 bits per heavy atom. The second kappa shape index (κ2) is 11.2. The molecule has 0 radical (unpaired) electrons. The Bertz CT molecular complexity index is 1140. The largest absolute Gasteiger partial charge is 0.465 e. The zero-order chi connectivity index (χ0) is 22.1. The second-order valence-electron chi connectivity index (χ2n) is 8.02. The molecule has 2 aliphatic heterocycles. The number of fused-ring (bicyclic) bond motifs is 1. The molecular weight excluding hydrogens is 503 g/mol. The third kappa shape index (κ3) is 5.52. The molecule has 34 heavy (non-hydrogen) atoms. The van der Waals surface area contributed by atoms with Crippen LogP contribution in [0, 0.1) is 0 Å². The van der Waals surface area contributed by atoms with E-state index in [0.717, 1.165) is 29.9 Å². The zero-order valence-electron chi connectivity index (χ0n) is 18.1. The van der Waals surface area contributed by atoms with Gasteiger partial charge in [0.1, 0.15) is 16.3 Å². The molecule has 0 bridgehead atoms. The monoisotopic (exact) mass is 528 g/mol. The smallest absolute Gasteiger partial charge is 0.404 e. The number of anilines is 1. The number of rotatable bonds is 5. The van der Waals surface area contributed by atoms with Crippen LogP contribution < -0.4 is 16.0 Å². The molecule has 0 spiro atoms. The molecule has 2 amide bonds. The molecule has 0 unspecified atom stereocenters. The Balaban J connectivity index is 0.00000162. The predicted molar refractivity (Wildman–Crippen MR) is 134 cm³/mol. The molecule has 2 saturated heterocycles. The third-order valence-electron chi connectivity index (χ3n) is 5.84. The van der Waals surface area contributed by atoms with E-state index in [1.807, 2.05) is 11.6 Å². The molecule has 14 heteroatoms. The first kappa shape index (κ1) is 25.9. The third-order valence-corrected chi connectivity index (χ3v) is 6.73. The topological polar surface area (TPSA) is 137 Å². The van der Waals surface area contributed by atoms with E-state index in [0.29, 0.717) is 43.3 Å². The van der Waals surface area contributed by atoms with Crippen LogP contribution in [0.4, 0.5) is 10.6 Å². The fourth-order valence-corrected chi connectivity index (χ4v) is 4.97. The molecular formula is C20H26Cl2N8O3S. The van der Waals surface area contributed by atoms with Crippen molar-refractivity contribution in [1.82, 2.24) is 35.1 Å².